The highest BCUT2D eigenvalue weighted by atomic mass is 35.5. The Morgan fingerprint density at radius 1 is 1.12 bits per heavy atom. The van der Waals surface area contributed by atoms with Crippen molar-refractivity contribution in [3.8, 4) is 0 Å². The molecular formula is C18H30ClN5. The van der Waals surface area contributed by atoms with Crippen molar-refractivity contribution in [3.05, 3.63) is 34.9 Å². The lowest BCUT2D eigenvalue weighted by molar-refractivity contribution is 0.152. The number of aliphatic imine (C=N–C) groups is 1. The maximum absolute atomic E-state index is 6.17. The predicted octanol–water partition coefficient (Wildman–Crippen LogP) is 2.03. The number of unbranched alkanes of at least 4 members (excludes halogenated alkanes) is 1. The van der Waals surface area contributed by atoms with Gasteiger partial charge < -0.3 is 20.4 Å². The summed E-state index contributed by atoms with van der Waals surface area (Å²) in [6.45, 7) is 7.60. The van der Waals surface area contributed by atoms with Crippen LogP contribution in [0.1, 0.15) is 18.4 Å². The summed E-state index contributed by atoms with van der Waals surface area (Å²) in [7, 11) is 3.99. The van der Waals surface area contributed by atoms with E-state index in [9.17, 15) is 0 Å². The van der Waals surface area contributed by atoms with E-state index >= 15 is 0 Å². The van der Waals surface area contributed by atoms with Crippen molar-refractivity contribution < 1.29 is 0 Å². The minimum Gasteiger partial charge on any atom is -0.356 e. The largest absolute Gasteiger partial charge is 0.356 e. The summed E-state index contributed by atoms with van der Waals surface area (Å²) in [6.07, 6.45) is 2.37. The van der Waals surface area contributed by atoms with Gasteiger partial charge in [0.25, 0.3) is 0 Å². The molecule has 1 aromatic rings. The molecule has 0 aliphatic carbocycles. The van der Waals surface area contributed by atoms with Crippen LogP contribution in [0.5, 0.6) is 0 Å². The number of guanidine groups is 1. The van der Waals surface area contributed by atoms with Crippen LogP contribution in [-0.2, 0) is 6.54 Å². The van der Waals surface area contributed by atoms with Gasteiger partial charge in [0.2, 0.25) is 0 Å². The minimum atomic E-state index is 0.681. The molecule has 1 heterocycles. The fourth-order valence-corrected chi connectivity index (χ4v) is 2.98. The maximum atomic E-state index is 6.17. The van der Waals surface area contributed by atoms with E-state index in [-0.39, 0.29) is 0 Å². The molecular weight excluding hydrogens is 322 g/mol. The molecule has 0 bridgehead atoms. The molecule has 0 spiro atoms. The standard InChI is InChI=1S/C18H30ClN5/c1-20-18(22-15-16-7-3-4-8-17(16)19)21-9-5-6-10-24-13-11-23(2)12-14-24/h3-4,7-8H,5-6,9-15H2,1-2H3,(H2,20,21,22). The third kappa shape index (κ3) is 6.67. The van der Waals surface area contributed by atoms with E-state index in [2.05, 4.69) is 32.5 Å². The number of nitrogens with one attached hydrogen (secondary N) is 2. The molecule has 1 fully saturated rings. The third-order valence-electron chi connectivity index (χ3n) is 4.42. The van der Waals surface area contributed by atoms with Crippen LogP contribution < -0.4 is 10.6 Å². The quantitative estimate of drug-likeness (QED) is 0.448. The molecule has 0 saturated carbocycles. The molecule has 0 aromatic heterocycles. The van der Waals surface area contributed by atoms with Gasteiger partial charge in [0.15, 0.2) is 5.96 Å². The van der Waals surface area contributed by atoms with Crippen LogP contribution in [0.25, 0.3) is 0 Å². The van der Waals surface area contributed by atoms with Gasteiger partial charge in [-0.25, -0.2) is 0 Å². The van der Waals surface area contributed by atoms with E-state index < -0.39 is 0 Å². The zero-order chi connectivity index (χ0) is 17.2. The number of likely N-dealkylation sites (N-methyl/N-ethyl adjacent to an activating group) is 1. The molecule has 134 valence electrons. The van der Waals surface area contributed by atoms with Crippen LogP contribution in [0.4, 0.5) is 0 Å². The number of piperazine rings is 1. The lowest BCUT2D eigenvalue weighted by atomic mass is 10.2. The molecule has 2 rings (SSSR count). The molecule has 1 aliphatic heterocycles. The van der Waals surface area contributed by atoms with Crippen LogP contribution in [0.3, 0.4) is 0 Å². The SMILES string of the molecule is CN=C(NCCCCN1CCN(C)CC1)NCc1ccccc1Cl. The van der Waals surface area contributed by atoms with Crippen molar-refractivity contribution in [3.63, 3.8) is 0 Å². The normalized spacial score (nSPS) is 17.0. The monoisotopic (exact) mass is 351 g/mol. The average Bonchev–Trinajstić information content (AvgIpc) is 2.60. The first-order valence-electron chi connectivity index (χ1n) is 8.78. The molecule has 24 heavy (non-hydrogen) atoms. The van der Waals surface area contributed by atoms with Gasteiger partial charge in [0.05, 0.1) is 0 Å². The molecule has 6 heteroatoms. The Kier molecular flexibility index (Phi) is 8.36. The van der Waals surface area contributed by atoms with Crippen LogP contribution in [0.2, 0.25) is 5.02 Å². The lowest BCUT2D eigenvalue weighted by Crippen LogP contribution is -2.44. The lowest BCUT2D eigenvalue weighted by Gasteiger charge is -2.32. The number of halogens is 1. The summed E-state index contributed by atoms with van der Waals surface area (Å²) in [5.41, 5.74) is 1.08. The summed E-state index contributed by atoms with van der Waals surface area (Å²) in [6, 6.07) is 7.88. The van der Waals surface area contributed by atoms with E-state index in [1.54, 1.807) is 7.05 Å². The van der Waals surface area contributed by atoms with Crippen LogP contribution >= 0.6 is 11.6 Å². The summed E-state index contributed by atoms with van der Waals surface area (Å²) >= 11 is 6.17. The van der Waals surface area contributed by atoms with E-state index in [0.29, 0.717) is 6.54 Å². The molecule has 0 unspecified atom stereocenters. The van der Waals surface area contributed by atoms with Gasteiger partial charge in [0.1, 0.15) is 0 Å². The van der Waals surface area contributed by atoms with E-state index in [1.165, 1.54) is 39.1 Å². The molecule has 1 saturated heterocycles. The molecule has 0 amide bonds. The van der Waals surface area contributed by atoms with Crippen molar-refractivity contribution >= 4 is 17.6 Å². The second kappa shape index (κ2) is 10.5. The summed E-state index contributed by atoms with van der Waals surface area (Å²) in [5.74, 6) is 0.828. The first-order valence-corrected chi connectivity index (χ1v) is 9.15. The van der Waals surface area contributed by atoms with Crippen molar-refractivity contribution in [1.82, 2.24) is 20.4 Å². The van der Waals surface area contributed by atoms with Crippen LogP contribution in [-0.4, -0.2) is 69.1 Å². The van der Waals surface area contributed by atoms with Crippen molar-refractivity contribution in [2.24, 2.45) is 4.99 Å². The highest BCUT2D eigenvalue weighted by Crippen LogP contribution is 2.14. The Labute approximate surface area is 151 Å². The summed E-state index contributed by atoms with van der Waals surface area (Å²) in [4.78, 5) is 9.22. The average molecular weight is 352 g/mol. The second-order valence-corrected chi connectivity index (χ2v) is 6.70. The molecule has 2 N–H and O–H groups in total. The predicted molar refractivity (Wildman–Crippen MR) is 103 cm³/mol. The zero-order valence-electron chi connectivity index (χ0n) is 14.9. The number of rotatable bonds is 7. The van der Waals surface area contributed by atoms with Crippen LogP contribution in [0.15, 0.2) is 29.3 Å². The van der Waals surface area contributed by atoms with Crippen LogP contribution in [0, 0.1) is 0 Å². The Morgan fingerprint density at radius 3 is 2.58 bits per heavy atom. The minimum absolute atomic E-state index is 0.681. The summed E-state index contributed by atoms with van der Waals surface area (Å²) < 4.78 is 0. The molecule has 1 aromatic carbocycles. The summed E-state index contributed by atoms with van der Waals surface area (Å²) in [5, 5.41) is 7.47. The third-order valence-corrected chi connectivity index (χ3v) is 4.79. The van der Waals surface area contributed by atoms with Gasteiger partial charge in [-0.15, -0.1) is 0 Å². The smallest absolute Gasteiger partial charge is 0.191 e. The van der Waals surface area contributed by atoms with Crippen molar-refractivity contribution in [2.45, 2.75) is 19.4 Å². The second-order valence-electron chi connectivity index (χ2n) is 6.30. The Bertz CT molecular complexity index is 512. The fraction of sp³-hybridized carbons (Fsp3) is 0.611. The number of benzene rings is 1. The van der Waals surface area contributed by atoms with Gasteiger partial charge in [-0.2, -0.15) is 0 Å². The molecule has 1 aliphatic rings. The first-order chi connectivity index (χ1) is 11.7. The zero-order valence-corrected chi connectivity index (χ0v) is 15.6. The van der Waals surface area contributed by atoms with Gasteiger partial charge >= 0.3 is 0 Å². The Balaban J connectivity index is 1.57. The van der Waals surface area contributed by atoms with E-state index in [1.807, 2.05) is 24.3 Å². The number of nitrogens with zero attached hydrogens (tertiary/aromatic N) is 3. The number of hydrogen-bond acceptors (Lipinski definition) is 3. The molecule has 0 atom stereocenters. The van der Waals surface area contributed by atoms with Gasteiger partial charge in [0, 0.05) is 51.3 Å². The highest BCUT2D eigenvalue weighted by molar-refractivity contribution is 6.31. The molecule has 5 nitrogen and oxygen atoms in total. The van der Waals surface area contributed by atoms with E-state index in [0.717, 1.165) is 29.5 Å². The number of hydrogen-bond donors (Lipinski definition) is 2. The fourth-order valence-electron chi connectivity index (χ4n) is 2.78. The molecule has 0 radical (unpaired) electrons. The van der Waals surface area contributed by atoms with Crippen molar-refractivity contribution in [2.75, 3.05) is 53.4 Å². The Morgan fingerprint density at radius 2 is 1.88 bits per heavy atom. The topological polar surface area (TPSA) is 42.9 Å². The maximum Gasteiger partial charge on any atom is 0.191 e. The Hall–Kier alpha value is -1.30. The van der Waals surface area contributed by atoms with Gasteiger partial charge in [-0.3, -0.25) is 4.99 Å². The highest BCUT2D eigenvalue weighted by Gasteiger charge is 2.12. The van der Waals surface area contributed by atoms with E-state index in [4.69, 9.17) is 11.6 Å². The van der Waals surface area contributed by atoms with Gasteiger partial charge in [-0.1, -0.05) is 29.8 Å². The van der Waals surface area contributed by atoms with Crippen molar-refractivity contribution in [1.29, 1.82) is 0 Å². The first kappa shape index (κ1) is 19.0. The van der Waals surface area contributed by atoms with Gasteiger partial charge in [-0.05, 0) is 38.1 Å².